The molecule has 0 spiro atoms. The highest BCUT2D eigenvalue weighted by Gasteiger charge is 2.31. The largest absolute Gasteiger partial charge is 0.477 e. The highest BCUT2D eigenvalue weighted by molar-refractivity contribution is 6.04. The van der Waals surface area contributed by atoms with E-state index in [9.17, 15) is 14.4 Å². The zero-order chi connectivity index (χ0) is 25.3. The van der Waals surface area contributed by atoms with Gasteiger partial charge in [-0.2, -0.15) is 0 Å². The Morgan fingerprint density at radius 2 is 1.64 bits per heavy atom. The van der Waals surface area contributed by atoms with Crippen LogP contribution >= 0.6 is 0 Å². The van der Waals surface area contributed by atoms with E-state index in [-0.39, 0.29) is 30.8 Å². The maximum Gasteiger partial charge on any atom is 0.262 e. The van der Waals surface area contributed by atoms with Crippen molar-refractivity contribution in [3.05, 3.63) is 90.0 Å². The lowest BCUT2D eigenvalue weighted by Crippen LogP contribution is -2.50. The first-order valence-corrected chi connectivity index (χ1v) is 12.0. The molecule has 1 heterocycles. The predicted molar refractivity (Wildman–Crippen MR) is 139 cm³/mol. The summed E-state index contributed by atoms with van der Waals surface area (Å²) in [4.78, 5) is 40.3. The normalized spacial score (nSPS) is 14.2. The molecule has 0 radical (unpaired) electrons. The number of nitrogens with zero attached hydrogens (tertiary/aromatic N) is 1. The van der Waals surface area contributed by atoms with Gasteiger partial charge in [-0.1, -0.05) is 61.5 Å². The van der Waals surface area contributed by atoms with Crippen LogP contribution in [0.5, 0.6) is 5.75 Å². The molecule has 4 rings (SSSR count). The Hall–Kier alpha value is -4.33. The van der Waals surface area contributed by atoms with Crippen LogP contribution in [-0.2, 0) is 16.1 Å². The number of hydrogen-bond donors (Lipinski definition) is 3. The van der Waals surface area contributed by atoms with Crippen molar-refractivity contribution in [3.8, 4) is 5.75 Å². The highest BCUT2D eigenvalue weighted by Crippen LogP contribution is 2.33. The molecule has 0 saturated carbocycles. The SMILES string of the molecule is CCCNC(=O)[C@H]1CN(CC(=O)Nc2ccccc2C(=O)NCc2ccccc2)c2ccccc2O1. The number of ether oxygens (including phenoxy) is 1. The zero-order valence-electron chi connectivity index (χ0n) is 20.2. The summed E-state index contributed by atoms with van der Waals surface area (Å²) in [7, 11) is 0. The smallest absolute Gasteiger partial charge is 0.262 e. The molecule has 0 aromatic heterocycles. The number of rotatable bonds is 9. The molecule has 8 nitrogen and oxygen atoms in total. The monoisotopic (exact) mass is 486 g/mol. The summed E-state index contributed by atoms with van der Waals surface area (Å²) in [5.41, 5.74) is 2.52. The third-order valence-electron chi connectivity index (χ3n) is 5.78. The third-order valence-corrected chi connectivity index (χ3v) is 5.78. The van der Waals surface area contributed by atoms with Crippen molar-refractivity contribution in [2.75, 3.05) is 29.9 Å². The standard InChI is InChI=1S/C28H30N4O4/c1-2-16-29-28(35)25-18-32(23-14-8-9-15-24(23)36-25)19-26(33)31-22-13-7-6-12-21(22)27(34)30-17-20-10-4-3-5-11-20/h3-15,25H,2,16-19H2,1H3,(H,29,35)(H,30,34)(H,31,33)/t25-/m1/s1. The number of amides is 3. The van der Waals surface area contributed by atoms with Crippen LogP contribution in [0.15, 0.2) is 78.9 Å². The van der Waals surface area contributed by atoms with Crippen LogP contribution < -0.4 is 25.6 Å². The van der Waals surface area contributed by atoms with E-state index in [1.54, 1.807) is 30.3 Å². The maximum atomic E-state index is 13.1. The third kappa shape index (κ3) is 6.21. The quantitative estimate of drug-likeness (QED) is 0.431. The molecule has 3 aromatic carbocycles. The fourth-order valence-corrected chi connectivity index (χ4v) is 3.98. The summed E-state index contributed by atoms with van der Waals surface area (Å²) in [6.07, 6.45) is 0.0924. The topological polar surface area (TPSA) is 99.8 Å². The predicted octanol–water partition coefficient (Wildman–Crippen LogP) is 3.35. The van der Waals surface area contributed by atoms with Gasteiger partial charge < -0.3 is 25.6 Å². The molecule has 186 valence electrons. The first-order valence-electron chi connectivity index (χ1n) is 12.0. The summed E-state index contributed by atoms with van der Waals surface area (Å²) in [6, 6.07) is 23.8. The fraction of sp³-hybridized carbons (Fsp3) is 0.250. The first-order chi connectivity index (χ1) is 17.5. The van der Waals surface area contributed by atoms with Gasteiger partial charge in [0, 0.05) is 13.1 Å². The number of para-hydroxylation sites is 3. The molecule has 1 aliphatic heterocycles. The Balaban J connectivity index is 1.44. The summed E-state index contributed by atoms with van der Waals surface area (Å²) in [5.74, 6) is -0.243. The fourth-order valence-electron chi connectivity index (χ4n) is 3.98. The number of carbonyl (C=O) groups is 3. The molecule has 1 aliphatic rings. The first kappa shape index (κ1) is 24.8. The number of nitrogens with one attached hydrogen (secondary N) is 3. The molecule has 0 unspecified atom stereocenters. The molecule has 36 heavy (non-hydrogen) atoms. The molecule has 8 heteroatoms. The zero-order valence-corrected chi connectivity index (χ0v) is 20.2. The summed E-state index contributed by atoms with van der Waals surface area (Å²) >= 11 is 0. The van der Waals surface area contributed by atoms with Crippen molar-refractivity contribution in [2.45, 2.75) is 26.0 Å². The number of carbonyl (C=O) groups excluding carboxylic acids is 3. The van der Waals surface area contributed by atoms with Crippen molar-refractivity contribution in [1.29, 1.82) is 0 Å². The van der Waals surface area contributed by atoms with E-state index in [1.807, 2.05) is 60.4 Å². The van der Waals surface area contributed by atoms with Gasteiger partial charge in [0.1, 0.15) is 5.75 Å². The van der Waals surface area contributed by atoms with Gasteiger partial charge in [-0.15, -0.1) is 0 Å². The molecular formula is C28H30N4O4. The Bertz CT molecular complexity index is 1210. The molecule has 1 atom stereocenters. The maximum absolute atomic E-state index is 13.1. The second-order valence-electron chi connectivity index (χ2n) is 8.51. The molecular weight excluding hydrogens is 456 g/mol. The average molecular weight is 487 g/mol. The Morgan fingerprint density at radius 1 is 0.917 bits per heavy atom. The Kier molecular flexibility index (Phi) is 8.18. The minimum Gasteiger partial charge on any atom is -0.477 e. The summed E-state index contributed by atoms with van der Waals surface area (Å²) in [6.45, 7) is 3.16. The van der Waals surface area contributed by atoms with Crippen LogP contribution in [0.3, 0.4) is 0 Å². The van der Waals surface area contributed by atoms with Gasteiger partial charge in [-0.3, -0.25) is 14.4 Å². The molecule has 3 N–H and O–H groups in total. The van der Waals surface area contributed by atoms with Crippen LogP contribution in [0, 0.1) is 0 Å². The second kappa shape index (κ2) is 11.9. The number of anilines is 2. The minimum absolute atomic E-state index is 0.00208. The van der Waals surface area contributed by atoms with Gasteiger partial charge in [-0.25, -0.2) is 0 Å². The minimum atomic E-state index is -0.727. The molecule has 0 fully saturated rings. The van der Waals surface area contributed by atoms with Gasteiger partial charge >= 0.3 is 0 Å². The van der Waals surface area contributed by atoms with E-state index in [1.165, 1.54) is 0 Å². The highest BCUT2D eigenvalue weighted by atomic mass is 16.5. The average Bonchev–Trinajstić information content (AvgIpc) is 2.91. The summed E-state index contributed by atoms with van der Waals surface area (Å²) in [5, 5.41) is 8.61. The molecule has 3 amide bonds. The van der Waals surface area contributed by atoms with E-state index >= 15 is 0 Å². The van der Waals surface area contributed by atoms with Crippen molar-refractivity contribution >= 4 is 29.1 Å². The van der Waals surface area contributed by atoms with Crippen LogP contribution in [0.4, 0.5) is 11.4 Å². The van der Waals surface area contributed by atoms with Crippen LogP contribution in [-0.4, -0.2) is 43.5 Å². The Morgan fingerprint density at radius 3 is 2.44 bits per heavy atom. The molecule has 0 aliphatic carbocycles. The van der Waals surface area contributed by atoms with Crippen LogP contribution in [0.25, 0.3) is 0 Å². The van der Waals surface area contributed by atoms with Gasteiger partial charge in [0.2, 0.25) is 5.91 Å². The molecule has 0 saturated heterocycles. The lowest BCUT2D eigenvalue weighted by Gasteiger charge is -2.35. The van der Waals surface area contributed by atoms with Gasteiger partial charge in [0.25, 0.3) is 11.8 Å². The van der Waals surface area contributed by atoms with Gasteiger partial charge in [0.15, 0.2) is 6.10 Å². The van der Waals surface area contributed by atoms with E-state index < -0.39 is 6.10 Å². The van der Waals surface area contributed by atoms with Gasteiger partial charge in [-0.05, 0) is 36.2 Å². The lowest BCUT2D eigenvalue weighted by atomic mass is 10.1. The summed E-state index contributed by atoms with van der Waals surface area (Å²) < 4.78 is 5.90. The van der Waals surface area contributed by atoms with E-state index in [4.69, 9.17) is 4.74 Å². The van der Waals surface area contributed by atoms with Crippen molar-refractivity contribution < 1.29 is 19.1 Å². The molecule has 0 bridgehead atoms. The Labute approximate surface area is 210 Å². The van der Waals surface area contributed by atoms with Crippen molar-refractivity contribution in [1.82, 2.24) is 10.6 Å². The van der Waals surface area contributed by atoms with Crippen LogP contribution in [0.2, 0.25) is 0 Å². The van der Waals surface area contributed by atoms with Crippen molar-refractivity contribution in [3.63, 3.8) is 0 Å². The number of fused-ring (bicyclic) bond motifs is 1. The van der Waals surface area contributed by atoms with Gasteiger partial charge in [0.05, 0.1) is 30.0 Å². The van der Waals surface area contributed by atoms with E-state index in [0.717, 1.165) is 17.7 Å². The van der Waals surface area contributed by atoms with E-state index in [0.29, 0.717) is 30.1 Å². The molecule has 3 aromatic rings. The number of hydrogen-bond acceptors (Lipinski definition) is 5. The second-order valence-corrected chi connectivity index (χ2v) is 8.51. The van der Waals surface area contributed by atoms with Crippen molar-refractivity contribution in [2.24, 2.45) is 0 Å². The van der Waals surface area contributed by atoms with Crippen LogP contribution in [0.1, 0.15) is 29.3 Å². The van der Waals surface area contributed by atoms with E-state index in [2.05, 4.69) is 16.0 Å². The lowest BCUT2D eigenvalue weighted by molar-refractivity contribution is -0.128. The number of benzene rings is 3.